The molecule has 1 rings (SSSR count). The van der Waals surface area contributed by atoms with Gasteiger partial charge in [0, 0.05) is 0 Å². The molecule has 0 aliphatic rings. The van der Waals surface area contributed by atoms with Crippen LogP contribution in [0.4, 0.5) is 0 Å². The van der Waals surface area contributed by atoms with Gasteiger partial charge in [0.1, 0.15) is 0 Å². The van der Waals surface area contributed by atoms with Gasteiger partial charge in [0.05, 0.1) is 0 Å². The van der Waals surface area contributed by atoms with Crippen molar-refractivity contribution in [2.45, 2.75) is 24.7 Å². The number of benzene rings is 1. The molecule has 0 amide bonds. The molecule has 0 heterocycles. The van der Waals surface area contributed by atoms with Crippen LogP contribution in [0.2, 0.25) is 4.47 Å². The zero-order chi connectivity index (χ0) is 11.1. The van der Waals surface area contributed by atoms with Gasteiger partial charge < -0.3 is 0 Å². The van der Waals surface area contributed by atoms with Crippen molar-refractivity contribution in [2.24, 2.45) is 0 Å². The fraction of sp³-hybridized carbons (Fsp3) is 0.417. The number of aryl methyl sites for hydroxylation is 1. The van der Waals surface area contributed by atoms with Crippen LogP contribution in [0, 0.1) is 6.92 Å². The molecular formula is C12H16O2Te. The average molecular weight is 320 g/mol. The van der Waals surface area contributed by atoms with Gasteiger partial charge in [-0.05, 0) is 0 Å². The standard InChI is InChI=1S/C12H16O2Te/c1-3-14-12(13)8-9-15-11-6-4-10(2)5-7-11/h4-7H,3,8-9H2,1-2H3. The van der Waals surface area contributed by atoms with Crippen molar-refractivity contribution in [1.29, 1.82) is 0 Å². The molecule has 0 aliphatic carbocycles. The summed E-state index contributed by atoms with van der Waals surface area (Å²) in [6.07, 6.45) is 0.573. The SMILES string of the molecule is CCOC(=O)CC[Te]c1ccc(C)cc1. The molecule has 0 N–H and O–H groups in total. The predicted molar refractivity (Wildman–Crippen MR) is 62.6 cm³/mol. The van der Waals surface area contributed by atoms with Gasteiger partial charge in [-0.2, -0.15) is 0 Å². The summed E-state index contributed by atoms with van der Waals surface area (Å²) < 4.78 is 7.29. The molecule has 0 radical (unpaired) electrons. The van der Waals surface area contributed by atoms with Crippen LogP contribution >= 0.6 is 0 Å². The van der Waals surface area contributed by atoms with Crippen molar-refractivity contribution in [3.8, 4) is 0 Å². The Morgan fingerprint density at radius 3 is 2.60 bits per heavy atom. The Labute approximate surface area is 101 Å². The average Bonchev–Trinajstić information content (AvgIpc) is 2.21. The van der Waals surface area contributed by atoms with Gasteiger partial charge in [-0.1, -0.05) is 0 Å². The first kappa shape index (κ1) is 12.5. The van der Waals surface area contributed by atoms with Crippen molar-refractivity contribution < 1.29 is 9.53 Å². The third-order valence-corrected chi connectivity index (χ3v) is 4.79. The molecule has 0 aromatic heterocycles. The second-order valence-electron chi connectivity index (χ2n) is 3.22. The number of carbonyl (C=O) groups excluding carboxylic acids is 1. The number of hydrogen-bond donors (Lipinski definition) is 0. The Balaban J connectivity index is 2.26. The number of carbonyl (C=O) groups is 1. The Morgan fingerprint density at radius 1 is 1.33 bits per heavy atom. The molecule has 0 unspecified atom stereocenters. The molecule has 0 aliphatic heterocycles. The van der Waals surface area contributed by atoms with E-state index in [1.807, 2.05) is 6.92 Å². The second-order valence-corrected chi connectivity index (χ2v) is 6.55. The Morgan fingerprint density at radius 2 is 2.00 bits per heavy atom. The van der Waals surface area contributed by atoms with E-state index in [0.717, 1.165) is 4.47 Å². The molecule has 1 aromatic carbocycles. The van der Waals surface area contributed by atoms with Gasteiger partial charge in [-0.25, -0.2) is 0 Å². The Hall–Kier alpha value is -0.520. The molecule has 0 atom stereocenters. The van der Waals surface area contributed by atoms with E-state index in [2.05, 4.69) is 31.2 Å². The molecule has 3 heteroatoms. The van der Waals surface area contributed by atoms with E-state index < -0.39 is 0 Å². The van der Waals surface area contributed by atoms with E-state index in [1.165, 1.54) is 9.17 Å². The molecule has 0 spiro atoms. The number of esters is 1. The Bertz CT molecular complexity index is 306. The minimum absolute atomic E-state index is 0.0605. The van der Waals surface area contributed by atoms with Crippen molar-refractivity contribution >= 4 is 30.5 Å². The van der Waals surface area contributed by atoms with Crippen LogP contribution in [0.3, 0.4) is 0 Å². The summed E-state index contributed by atoms with van der Waals surface area (Å²) in [7, 11) is 0. The van der Waals surface area contributed by atoms with Crippen LogP contribution < -0.4 is 3.61 Å². The first-order valence-corrected chi connectivity index (χ1v) is 7.88. The molecule has 0 saturated heterocycles. The van der Waals surface area contributed by atoms with Gasteiger partial charge in [-0.3, -0.25) is 0 Å². The van der Waals surface area contributed by atoms with Crippen LogP contribution in [0.1, 0.15) is 18.9 Å². The summed E-state index contributed by atoms with van der Waals surface area (Å²) in [5, 5.41) is 0. The van der Waals surface area contributed by atoms with E-state index in [9.17, 15) is 4.79 Å². The van der Waals surface area contributed by atoms with Crippen LogP contribution in [0.25, 0.3) is 0 Å². The first-order chi connectivity index (χ1) is 7.22. The maximum absolute atomic E-state index is 11.1. The normalized spacial score (nSPS) is 10.0. The summed E-state index contributed by atoms with van der Waals surface area (Å²) in [6, 6.07) is 8.60. The molecule has 0 fully saturated rings. The van der Waals surface area contributed by atoms with Crippen molar-refractivity contribution in [3.05, 3.63) is 29.8 Å². The van der Waals surface area contributed by atoms with Gasteiger partial charge in [0.25, 0.3) is 0 Å². The van der Waals surface area contributed by atoms with Crippen molar-refractivity contribution in [2.75, 3.05) is 6.61 Å². The second kappa shape index (κ2) is 6.87. The monoisotopic (exact) mass is 322 g/mol. The number of rotatable bonds is 5. The van der Waals surface area contributed by atoms with E-state index in [-0.39, 0.29) is 26.9 Å². The molecule has 82 valence electrons. The Kier molecular flexibility index (Phi) is 5.75. The summed E-state index contributed by atoms with van der Waals surface area (Å²) in [5.74, 6) is -0.0605. The molecule has 0 saturated carbocycles. The van der Waals surface area contributed by atoms with E-state index in [0.29, 0.717) is 13.0 Å². The third-order valence-electron chi connectivity index (χ3n) is 1.90. The summed E-state index contributed by atoms with van der Waals surface area (Å²) in [5.41, 5.74) is 1.29. The third kappa shape index (κ3) is 5.20. The summed E-state index contributed by atoms with van der Waals surface area (Å²) >= 11 is -0.209. The topological polar surface area (TPSA) is 26.3 Å². The minimum atomic E-state index is -0.209. The van der Waals surface area contributed by atoms with Gasteiger partial charge in [-0.15, -0.1) is 0 Å². The fourth-order valence-corrected chi connectivity index (χ4v) is 3.50. The van der Waals surface area contributed by atoms with Gasteiger partial charge in [0.15, 0.2) is 0 Å². The molecule has 0 bridgehead atoms. The van der Waals surface area contributed by atoms with Gasteiger partial charge in [0.2, 0.25) is 0 Å². The quantitative estimate of drug-likeness (QED) is 0.610. The van der Waals surface area contributed by atoms with Crippen LogP contribution in [0.5, 0.6) is 0 Å². The van der Waals surface area contributed by atoms with Gasteiger partial charge >= 0.3 is 101 Å². The fourth-order valence-electron chi connectivity index (χ4n) is 1.12. The van der Waals surface area contributed by atoms with Crippen molar-refractivity contribution in [3.63, 3.8) is 0 Å². The summed E-state index contributed by atoms with van der Waals surface area (Å²) in [4.78, 5) is 11.1. The molecule has 1 aromatic rings. The molecule has 2 nitrogen and oxygen atoms in total. The number of hydrogen-bond acceptors (Lipinski definition) is 2. The van der Waals surface area contributed by atoms with Crippen LogP contribution in [-0.2, 0) is 9.53 Å². The number of ether oxygens (including phenoxy) is 1. The van der Waals surface area contributed by atoms with E-state index >= 15 is 0 Å². The zero-order valence-corrected chi connectivity index (χ0v) is 11.5. The van der Waals surface area contributed by atoms with Crippen LogP contribution in [0.15, 0.2) is 24.3 Å². The maximum atomic E-state index is 11.1. The zero-order valence-electron chi connectivity index (χ0n) is 9.16. The predicted octanol–water partition coefficient (Wildman–Crippen LogP) is 1.70. The summed E-state index contributed by atoms with van der Waals surface area (Å²) in [6.45, 7) is 4.42. The van der Waals surface area contributed by atoms with Crippen LogP contribution in [-0.4, -0.2) is 33.5 Å². The first-order valence-electron chi connectivity index (χ1n) is 5.07. The van der Waals surface area contributed by atoms with E-state index in [4.69, 9.17) is 4.74 Å². The molecular weight excluding hydrogens is 304 g/mol. The van der Waals surface area contributed by atoms with Crippen molar-refractivity contribution in [1.82, 2.24) is 0 Å². The molecule has 15 heavy (non-hydrogen) atoms. The van der Waals surface area contributed by atoms with E-state index in [1.54, 1.807) is 0 Å².